The third-order valence-corrected chi connectivity index (χ3v) is 7.81. The Balaban J connectivity index is 1.44. The van der Waals surface area contributed by atoms with Gasteiger partial charge in [-0.3, -0.25) is 0 Å². The van der Waals surface area contributed by atoms with Crippen molar-refractivity contribution in [3.63, 3.8) is 0 Å². The van der Waals surface area contributed by atoms with Crippen molar-refractivity contribution < 1.29 is 26.3 Å². The Morgan fingerprint density at radius 3 is 1.39 bits per heavy atom. The van der Waals surface area contributed by atoms with Gasteiger partial charge in [-0.1, -0.05) is 48.5 Å². The van der Waals surface area contributed by atoms with Crippen molar-refractivity contribution in [1.29, 1.82) is 5.26 Å². The third-order valence-electron chi connectivity index (χ3n) is 7.81. The van der Waals surface area contributed by atoms with E-state index in [9.17, 15) is 31.6 Å². The average Bonchev–Trinajstić information content (AvgIpc) is 3.50. The van der Waals surface area contributed by atoms with Gasteiger partial charge >= 0.3 is 12.4 Å². The van der Waals surface area contributed by atoms with Crippen molar-refractivity contribution in [2.24, 2.45) is 10.1 Å². The van der Waals surface area contributed by atoms with Crippen molar-refractivity contribution in [2.75, 3.05) is 0 Å². The summed E-state index contributed by atoms with van der Waals surface area (Å²) in [6.45, 7) is 7.43. The Labute approximate surface area is 254 Å². The highest BCUT2D eigenvalue weighted by Gasteiger charge is 2.31. The van der Waals surface area contributed by atoms with Crippen molar-refractivity contribution in [2.45, 2.75) is 12.4 Å². The quantitative estimate of drug-likeness (QED) is 0.0842. The normalized spacial score (nSPS) is 13.2. The van der Waals surface area contributed by atoms with Gasteiger partial charge in [0.2, 0.25) is 6.19 Å². The molecule has 0 aliphatic rings. The van der Waals surface area contributed by atoms with E-state index < -0.39 is 23.5 Å². The van der Waals surface area contributed by atoms with Crippen molar-refractivity contribution in [3.05, 3.63) is 118 Å². The first-order chi connectivity index (χ1) is 22.0. The highest BCUT2D eigenvalue weighted by Crippen LogP contribution is 2.35. The van der Waals surface area contributed by atoms with E-state index in [0.717, 1.165) is 24.3 Å². The molecule has 6 aromatic carbocycles. The molecule has 0 saturated heterocycles. The fourth-order valence-electron chi connectivity index (χ4n) is 5.67. The number of halogens is 6. The number of nitriles is 1. The van der Waals surface area contributed by atoms with Crippen molar-refractivity contribution in [3.8, 4) is 28.4 Å². The van der Waals surface area contributed by atoms with Crippen LogP contribution in [-0.2, 0) is 12.4 Å². The molecule has 0 N–H and O–H groups in total. The summed E-state index contributed by atoms with van der Waals surface area (Å²) < 4.78 is 78.5. The summed E-state index contributed by atoms with van der Waals surface area (Å²) in [6, 6.07) is 19.7. The highest BCUT2D eigenvalue weighted by molar-refractivity contribution is 6.15. The molecule has 0 atom stereocenters. The monoisotopic (exact) mass is 620 g/mol. The van der Waals surface area contributed by atoms with Crippen LogP contribution in [0, 0.1) is 18.0 Å². The zero-order chi connectivity index (χ0) is 32.4. The lowest BCUT2D eigenvalue weighted by molar-refractivity contribution is -0.138. The number of benzene rings is 4. The van der Waals surface area contributed by atoms with Crippen LogP contribution in [0.1, 0.15) is 11.1 Å². The molecule has 0 unspecified atom stereocenters. The number of alkyl halides is 6. The maximum atomic E-state index is 13.1. The molecule has 0 bridgehead atoms. The minimum Gasteiger partial charge on any atom is -0.241 e. The van der Waals surface area contributed by atoms with E-state index in [1.54, 1.807) is 42.6 Å². The standard InChI is InChI=1S/C34H14F6N6/c1-42-46-30-26-15-20(18-4-10-22(11-5-18)34(38,39)40)7-13-24(26)29-32(30)45-28-23-12-6-19(14-25(23)27(43-16-41)31(28)44-29)17-2-8-21(9-3-17)33(35,36)37/h2-15H/b43-27?,46-30+. The van der Waals surface area contributed by atoms with Gasteiger partial charge in [0.05, 0.1) is 27.3 Å². The number of fused-ring (bicyclic) bond motifs is 6. The Morgan fingerprint density at radius 1 is 0.565 bits per heavy atom. The topological polar surface area (TPSA) is 78.6 Å². The van der Waals surface area contributed by atoms with Crippen LogP contribution < -0.4 is 10.7 Å². The minimum absolute atomic E-state index is 0.232. The molecular weight excluding hydrogens is 606 g/mol. The number of nitrogens with zero attached hydrogens (tertiary/aromatic N) is 6. The van der Waals surface area contributed by atoms with Gasteiger partial charge in [0.1, 0.15) is 16.4 Å². The van der Waals surface area contributed by atoms with Gasteiger partial charge in [-0.15, -0.1) is 4.95 Å². The Hall–Kier alpha value is -6.14. The molecule has 0 amide bonds. The molecule has 1 aromatic heterocycles. The van der Waals surface area contributed by atoms with Crippen LogP contribution >= 0.6 is 0 Å². The van der Waals surface area contributed by atoms with E-state index in [0.29, 0.717) is 65.9 Å². The van der Waals surface area contributed by atoms with Gasteiger partial charge in [0.25, 0.3) is 0 Å². The van der Waals surface area contributed by atoms with Crippen LogP contribution in [0.3, 0.4) is 0 Å². The molecule has 0 fully saturated rings. The zero-order valence-electron chi connectivity index (χ0n) is 23.0. The van der Waals surface area contributed by atoms with E-state index in [2.05, 4.69) is 15.0 Å². The number of aromatic nitrogens is 2. The molecule has 0 aliphatic heterocycles. The molecular formula is C34H14F6N6. The summed E-state index contributed by atoms with van der Waals surface area (Å²) >= 11 is 0. The number of rotatable bonds is 2. The van der Waals surface area contributed by atoms with Crippen molar-refractivity contribution in [1.82, 2.24) is 9.97 Å². The second-order valence-corrected chi connectivity index (χ2v) is 10.4. The van der Waals surface area contributed by atoms with Gasteiger partial charge < -0.3 is 0 Å². The van der Waals surface area contributed by atoms with Gasteiger partial charge in [-0.25, -0.2) is 9.97 Å². The third kappa shape index (κ3) is 4.59. The molecule has 6 nitrogen and oxygen atoms in total. The van der Waals surface area contributed by atoms with Gasteiger partial charge in [-0.05, 0) is 58.7 Å². The average molecular weight is 621 g/mol. The largest absolute Gasteiger partial charge is 0.416 e. The first-order valence-electron chi connectivity index (χ1n) is 13.5. The lowest BCUT2D eigenvalue weighted by Crippen LogP contribution is -2.04. The molecule has 0 saturated carbocycles. The summed E-state index contributed by atoms with van der Waals surface area (Å²) in [5.74, 6) is 0. The van der Waals surface area contributed by atoms with E-state index in [4.69, 9.17) is 16.5 Å². The maximum Gasteiger partial charge on any atom is 0.416 e. The lowest BCUT2D eigenvalue weighted by Gasteiger charge is -2.08. The molecule has 7 rings (SSSR count). The summed E-state index contributed by atoms with van der Waals surface area (Å²) in [4.78, 5) is 16.9. The summed E-state index contributed by atoms with van der Waals surface area (Å²) in [5, 5.41) is 16.2. The van der Waals surface area contributed by atoms with Gasteiger partial charge in [0.15, 0.2) is 5.36 Å². The van der Waals surface area contributed by atoms with Crippen LogP contribution in [-0.4, -0.2) is 9.97 Å². The lowest BCUT2D eigenvalue weighted by atomic mass is 10.0. The van der Waals surface area contributed by atoms with Gasteiger partial charge in [-0.2, -0.15) is 43.2 Å². The summed E-state index contributed by atoms with van der Waals surface area (Å²) in [7, 11) is 0. The Bertz CT molecular complexity index is 2380. The van der Waals surface area contributed by atoms with Crippen LogP contribution in [0.25, 0.3) is 70.8 Å². The number of hydrogen-bond acceptors (Lipinski definition) is 5. The molecule has 12 heteroatoms. The summed E-state index contributed by atoms with van der Waals surface area (Å²) in [6.07, 6.45) is -7.15. The van der Waals surface area contributed by atoms with Gasteiger partial charge in [0, 0.05) is 21.5 Å². The second kappa shape index (κ2) is 10.2. The Morgan fingerprint density at radius 2 is 0.978 bits per heavy atom. The smallest absolute Gasteiger partial charge is 0.241 e. The van der Waals surface area contributed by atoms with E-state index >= 15 is 0 Å². The van der Waals surface area contributed by atoms with Crippen LogP contribution in [0.4, 0.5) is 26.3 Å². The molecule has 1 heterocycles. The zero-order valence-corrected chi connectivity index (χ0v) is 23.0. The van der Waals surface area contributed by atoms with Crippen LogP contribution in [0.5, 0.6) is 0 Å². The predicted molar refractivity (Wildman–Crippen MR) is 159 cm³/mol. The van der Waals surface area contributed by atoms with E-state index in [-0.39, 0.29) is 10.7 Å². The minimum atomic E-state index is -4.47. The first-order valence-corrected chi connectivity index (χ1v) is 13.5. The molecule has 0 spiro atoms. The molecule has 222 valence electrons. The van der Waals surface area contributed by atoms with Crippen LogP contribution in [0.2, 0.25) is 0 Å². The molecule has 0 aliphatic carbocycles. The fourth-order valence-corrected chi connectivity index (χ4v) is 5.67. The Kier molecular flexibility index (Phi) is 6.35. The highest BCUT2D eigenvalue weighted by atomic mass is 19.4. The van der Waals surface area contributed by atoms with E-state index in [1.165, 1.54) is 24.3 Å². The second-order valence-electron chi connectivity index (χ2n) is 10.4. The molecule has 46 heavy (non-hydrogen) atoms. The van der Waals surface area contributed by atoms with Crippen LogP contribution in [0.15, 0.2) is 95.0 Å². The van der Waals surface area contributed by atoms with Crippen molar-refractivity contribution >= 4 is 43.6 Å². The van der Waals surface area contributed by atoms with E-state index in [1.807, 2.05) is 0 Å². The number of hydrogen-bond donors (Lipinski definition) is 0. The maximum absolute atomic E-state index is 13.1. The summed E-state index contributed by atoms with van der Waals surface area (Å²) in [5.41, 5.74) is 2.08. The molecule has 0 radical (unpaired) electrons. The fraction of sp³-hybridized carbons (Fsp3) is 0.0588. The SMILES string of the molecule is [C-]#[N+]/N=c1\c2cc(-c3ccc(C(F)(F)F)cc3)ccc2c2nc3c(=NC#N)c4cc(-c5ccc(C(F)(F)F)cc5)ccc4c3nc12. The molecule has 7 aromatic rings. The first kappa shape index (κ1) is 28.6. The predicted octanol–water partition coefficient (Wildman–Crippen LogP) is 8.45.